The lowest BCUT2D eigenvalue weighted by Crippen LogP contribution is -2.55. The van der Waals surface area contributed by atoms with Crippen molar-refractivity contribution >= 4 is 9.84 Å². The molecule has 42 valence electrons. The third-order valence-corrected chi connectivity index (χ3v) is 3.06. The van der Waals surface area contributed by atoms with Crippen LogP contribution in [0.15, 0.2) is 0 Å². The van der Waals surface area contributed by atoms with Crippen LogP contribution >= 0.6 is 0 Å². The second-order valence-corrected chi connectivity index (χ2v) is 4.38. The van der Waals surface area contributed by atoms with E-state index >= 15 is 0 Å². The Morgan fingerprint density at radius 3 is 2.43 bits per heavy atom. The molecule has 3 heteroatoms. The van der Waals surface area contributed by atoms with Gasteiger partial charge < -0.3 is 9.13 Å². The molecular formula is C4H12N2Si. The summed E-state index contributed by atoms with van der Waals surface area (Å²) in [5, 5.41) is 0. The van der Waals surface area contributed by atoms with Gasteiger partial charge in [0.05, 0.1) is 0 Å². The van der Waals surface area contributed by atoms with Gasteiger partial charge in [-0.1, -0.05) is 6.92 Å². The molecule has 0 unspecified atom stereocenters. The Bertz CT molecular complexity index is 60.7. The smallest absolute Gasteiger partial charge is 0.174 e. The van der Waals surface area contributed by atoms with Crippen LogP contribution in [0.4, 0.5) is 0 Å². The van der Waals surface area contributed by atoms with Gasteiger partial charge in [0.2, 0.25) is 0 Å². The van der Waals surface area contributed by atoms with E-state index in [0.717, 1.165) is 0 Å². The van der Waals surface area contributed by atoms with Gasteiger partial charge in [-0.25, -0.2) is 0 Å². The molecular weight excluding hydrogens is 104 g/mol. The highest BCUT2D eigenvalue weighted by molar-refractivity contribution is 6.31. The molecule has 1 aliphatic rings. The first-order chi connectivity index (χ1) is 3.33. The maximum Gasteiger partial charge on any atom is 0.174 e. The normalized spacial score (nSPS) is 28.3. The Morgan fingerprint density at radius 2 is 2.29 bits per heavy atom. The lowest BCUT2D eigenvalue weighted by molar-refractivity contribution is 0.240. The van der Waals surface area contributed by atoms with Gasteiger partial charge in [0.25, 0.3) is 0 Å². The van der Waals surface area contributed by atoms with Crippen LogP contribution < -0.4 is 0 Å². The van der Waals surface area contributed by atoms with Crippen molar-refractivity contribution in [1.82, 2.24) is 9.13 Å². The van der Waals surface area contributed by atoms with Gasteiger partial charge in [0.1, 0.15) is 0 Å². The summed E-state index contributed by atoms with van der Waals surface area (Å²) in [6.07, 6.45) is 0. The van der Waals surface area contributed by atoms with E-state index in [1.54, 1.807) is 0 Å². The molecule has 0 aromatic carbocycles. The number of hydrogen-bond donors (Lipinski definition) is 0. The molecule has 7 heavy (non-hydrogen) atoms. The molecule has 0 amide bonds. The van der Waals surface area contributed by atoms with Gasteiger partial charge in [-0.15, -0.1) is 0 Å². The van der Waals surface area contributed by atoms with E-state index in [4.69, 9.17) is 0 Å². The van der Waals surface area contributed by atoms with Gasteiger partial charge >= 0.3 is 0 Å². The summed E-state index contributed by atoms with van der Waals surface area (Å²) >= 11 is 0. The van der Waals surface area contributed by atoms with Crippen molar-refractivity contribution in [2.45, 2.75) is 6.92 Å². The summed E-state index contributed by atoms with van der Waals surface area (Å²) in [7, 11) is 2.30. The van der Waals surface area contributed by atoms with Crippen LogP contribution in [0.25, 0.3) is 0 Å². The molecule has 1 heterocycles. The first-order valence-corrected chi connectivity index (χ1v) is 4.00. The minimum Gasteiger partial charge on any atom is -0.307 e. The summed E-state index contributed by atoms with van der Waals surface area (Å²) in [4.78, 5) is 0. The Hall–Kier alpha value is 0.137. The van der Waals surface area contributed by atoms with Crippen molar-refractivity contribution in [3.8, 4) is 0 Å². The van der Waals surface area contributed by atoms with E-state index in [9.17, 15) is 0 Å². The fraction of sp³-hybridized carbons (Fsp3) is 1.00. The molecule has 0 atom stereocenters. The highest BCUT2D eigenvalue weighted by Gasteiger charge is 2.17. The standard InChI is InChI=1S/C4H12N2Si/c1-3-6-4-5(2)7-6/h3-4,7H2,1-2H3. The molecule has 0 spiro atoms. The van der Waals surface area contributed by atoms with Gasteiger partial charge in [-0.2, -0.15) is 0 Å². The van der Waals surface area contributed by atoms with Gasteiger partial charge in [0.15, 0.2) is 9.84 Å². The number of hydrogen-bond acceptors (Lipinski definition) is 2. The predicted octanol–water partition coefficient (Wildman–Crippen LogP) is -0.790. The second-order valence-electron chi connectivity index (χ2n) is 2.13. The van der Waals surface area contributed by atoms with E-state index < -0.39 is 0 Å². The third-order valence-electron chi connectivity index (χ3n) is 1.33. The zero-order chi connectivity index (χ0) is 5.28. The zero-order valence-electron chi connectivity index (χ0n) is 5.02. The Kier molecular flexibility index (Phi) is 1.46. The fourth-order valence-electron chi connectivity index (χ4n) is 0.841. The molecule has 0 saturated carbocycles. The summed E-state index contributed by atoms with van der Waals surface area (Å²) < 4.78 is 4.93. The van der Waals surface area contributed by atoms with Crippen LogP contribution in [-0.4, -0.2) is 39.2 Å². The first kappa shape index (κ1) is 5.28. The first-order valence-electron chi connectivity index (χ1n) is 2.74. The summed E-state index contributed by atoms with van der Waals surface area (Å²) in [5.41, 5.74) is 0. The third kappa shape index (κ3) is 1.02. The van der Waals surface area contributed by atoms with Crippen molar-refractivity contribution in [3.05, 3.63) is 0 Å². The monoisotopic (exact) mass is 116 g/mol. The van der Waals surface area contributed by atoms with Crippen LogP contribution in [0, 0.1) is 0 Å². The molecule has 0 N–H and O–H groups in total. The van der Waals surface area contributed by atoms with E-state index in [1.807, 2.05) is 0 Å². The highest BCUT2D eigenvalue weighted by Crippen LogP contribution is 1.98. The van der Waals surface area contributed by atoms with Crippen molar-refractivity contribution < 1.29 is 0 Å². The molecule has 1 aliphatic heterocycles. The number of rotatable bonds is 1. The summed E-state index contributed by atoms with van der Waals surface area (Å²) in [6, 6.07) is 0. The molecule has 1 rings (SSSR count). The summed E-state index contributed by atoms with van der Waals surface area (Å²) in [5.74, 6) is 0. The quantitative estimate of drug-likeness (QED) is 0.414. The van der Waals surface area contributed by atoms with Crippen molar-refractivity contribution in [1.29, 1.82) is 0 Å². The van der Waals surface area contributed by atoms with Crippen LogP contribution in [0.5, 0.6) is 0 Å². The molecule has 0 aromatic heterocycles. The molecule has 0 radical (unpaired) electrons. The summed E-state index contributed by atoms with van der Waals surface area (Å²) in [6.45, 7) is 4.71. The largest absolute Gasteiger partial charge is 0.307 e. The van der Waals surface area contributed by atoms with Crippen LogP contribution in [0.2, 0.25) is 0 Å². The molecule has 0 aromatic rings. The number of nitrogens with zero attached hydrogens (tertiary/aromatic N) is 2. The van der Waals surface area contributed by atoms with E-state index in [2.05, 4.69) is 23.1 Å². The van der Waals surface area contributed by atoms with E-state index in [-0.39, 0.29) is 9.84 Å². The average Bonchev–Trinajstić information content (AvgIpc) is 1.58. The zero-order valence-corrected chi connectivity index (χ0v) is 6.43. The lowest BCUT2D eigenvalue weighted by Gasteiger charge is -2.38. The average molecular weight is 116 g/mol. The topological polar surface area (TPSA) is 6.48 Å². The molecule has 0 aliphatic carbocycles. The van der Waals surface area contributed by atoms with Crippen molar-refractivity contribution in [2.75, 3.05) is 20.3 Å². The van der Waals surface area contributed by atoms with E-state index in [1.165, 1.54) is 13.2 Å². The Morgan fingerprint density at radius 1 is 1.71 bits per heavy atom. The fourth-order valence-corrected chi connectivity index (χ4v) is 2.12. The molecule has 2 nitrogen and oxygen atoms in total. The van der Waals surface area contributed by atoms with Crippen LogP contribution in [0.3, 0.4) is 0 Å². The second kappa shape index (κ2) is 1.94. The minimum absolute atomic E-state index is 0.110. The van der Waals surface area contributed by atoms with Gasteiger partial charge in [0, 0.05) is 6.67 Å². The van der Waals surface area contributed by atoms with E-state index in [0.29, 0.717) is 0 Å². The van der Waals surface area contributed by atoms with Crippen molar-refractivity contribution in [3.63, 3.8) is 0 Å². The van der Waals surface area contributed by atoms with Crippen molar-refractivity contribution in [2.24, 2.45) is 0 Å². The van der Waals surface area contributed by atoms with Crippen LogP contribution in [-0.2, 0) is 0 Å². The van der Waals surface area contributed by atoms with Gasteiger partial charge in [-0.05, 0) is 13.6 Å². The maximum atomic E-state index is 2.51. The SMILES string of the molecule is CCN1CN(C)[SiH2]1. The minimum atomic E-state index is 0.110. The lowest BCUT2D eigenvalue weighted by atomic mass is 10.7. The molecule has 0 bridgehead atoms. The maximum absolute atomic E-state index is 2.51. The highest BCUT2D eigenvalue weighted by atomic mass is 28.2. The molecule has 1 saturated heterocycles. The Labute approximate surface area is 47.1 Å². The molecule has 1 fully saturated rings. The predicted molar refractivity (Wildman–Crippen MR) is 33.6 cm³/mol. The Balaban J connectivity index is 2.06. The van der Waals surface area contributed by atoms with Crippen LogP contribution in [0.1, 0.15) is 6.92 Å². The van der Waals surface area contributed by atoms with Gasteiger partial charge in [-0.3, -0.25) is 0 Å².